The van der Waals surface area contributed by atoms with Gasteiger partial charge < -0.3 is 9.88 Å². The van der Waals surface area contributed by atoms with Crippen LogP contribution in [0.25, 0.3) is 22.0 Å². The summed E-state index contributed by atoms with van der Waals surface area (Å²) in [5.74, 6) is -0.390. The van der Waals surface area contributed by atoms with E-state index in [9.17, 15) is 9.18 Å². The highest BCUT2D eigenvalue weighted by Gasteiger charge is 2.26. The zero-order valence-electron chi connectivity index (χ0n) is 13.1. The summed E-state index contributed by atoms with van der Waals surface area (Å²) in [6.45, 7) is 4.67. The van der Waals surface area contributed by atoms with E-state index in [1.54, 1.807) is 12.1 Å². The highest BCUT2D eigenvalue weighted by molar-refractivity contribution is 6.04. The predicted molar refractivity (Wildman–Crippen MR) is 89.1 cm³/mol. The Hall–Kier alpha value is -2.62. The Morgan fingerprint density at radius 3 is 2.65 bits per heavy atom. The van der Waals surface area contributed by atoms with Crippen molar-refractivity contribution in [2.75, 3.05) is 6.54 Å². The molecule has 1 aliphatic rings. The monoisotopic (exact) mass is 308 g/mol. The smallest absolute Gasteiger partial charge is 0.268 e. The van der Waals surface area contributed by atoms with Crippen molar-refractivity contribution in [3.63, 3.8) is 0 Å². The number of nitrogens with zero attached hydrogens (tertiary/aromatic N) is 1. The van der Waals surface area contributed by atoms with Gasteiger partial charge >= 0.3 is 0 Å². The standard InChI is InChI=1S/C19H17FN2O/c1-11-3-5-13(6-4-11)16-9-15(20)7-14-8-17-19(23)21-10-12(2)22(17)18(14)16/h3-9,12H,10H2,1-2H3,(H,21,23). The van der Waals surface area contributed by atoms with Crippen molar-refractivity contribution in [3.05, 3.63) is 59.5 Å². The first-order valence-corrected chi connectivity index (χ1v) is 7.74. The van der Waals surface area contributed by atoms with E-state index in [1.165, 1.54) is 6.07 Å². The second kappa shape index (κ2) is 4.95. The third kappa shape index (κ3) is 2.13. The van der Waals surface area contributed by atoms with Crippen LogP contribution in [0.15, 0.2) is 42.5 Å². The summed E-state index contributed by atoms with van der Waals surface area (Å²) < 4.78 is 16.1. The Bertz CT molecular complexity index is 925. The summed E-state index contributed by atoms with van der Waals surface area (Å²) in [4.78, 5) is 12.2. The number of aryl methyl sites for hydroxylation is 1. The molecule has 1 aliphatic heterocycles. The Kier molecular flexibility index (Phi) is 3.01. The highest BCUT2D eigenvalue weighted by atomic mass is 19.1. The highest BCUT2D eigenvalue weighted by Crippen LogP contribution is 2.35. The van der Waals surface area contributed by atoms with Crippen molar-refractivity contribution < 1.29 is 9.18 Å². The molecule has 23 heavy (non-hydrogen) atoms. The Morgan fingerprint density at radius 2 is 1.91 bits per heavy atom. The van der Waals surface area contributed by atoms with Crippen LogP contribution < -0.4 is 5.32 Å². The second-order valence-electron chi connectivity index (χ2n) is 6.22. The SMILES string of the molecule is Cc1ccc(-c2cc(F)cc3cc4n(c23)C(C)CNC4=O)cc1. The van der Waals surface area contributed by atoms with Crippen molar-refractivity contribution >= 4 is 16.8 Å². The molecule has 0 saturated carbocycles. The molecule has 2 heterocycles. The molecule has 3 aromatic rings. The average Bonchev–Trinajstić information content (AvgIpc) is 2.91. The second-order valence-corrected chi connectivity index (χ2v) is 6.22. The number of rotatable bonds is 1. The molecule has 1 amide bonds. The summed E-state index contributed by atoms with van der Waals surface area (Å²) >= 11 is 0. The van der Waals surface area contributed by atoms with E-state index in [0.717, 1.165) is 27.6 Å². The van der Waals surface area contributed by atoms with Crippen molar-refractivity contribution in [2.24, 2.45) is 0 Å². The van der Waals surface area contributed by atoms with Crippen LogP contribution in [-0.4, -0.2) is 17.0 Å². The molecule has 0 saturated heterocycles. The van der Waals surface area contributed by atoms with Crippen LogP contribution in [0.4, 0.5) is 4.39 Å². The fourth-order valence-corrected chi connectivity index (χ4v) is 3.34. The lowest BCUT2D eigenvalue weighted by molar-refractivity contribution is 0.0919. The van der Waals surface area contributed by atoms with Crippen LogP contribution in [0.3, 0.4) is 0 Å². The quantitative estimate of drug-likeness (QED) is 0.722. The van der Waals surface area contributed by atoms with Gasteiger partial charge in [-0.1, -0.05) is 29.8 Å². The molecule has 0 spiro atoms. The zero-order chi connectivity index (χ0) is 16.1. The van der Waals surface area contributed by atoms with E-state index < -0.39 is 0 Å². The number of carbonyl (C=O) groups excluding carboxylic acids is 1. The topological polar surface area (TPSA) is 34.0 Å². The average molecular weight is 308 g/mol. The lowest BCUT2D eigenvalue weighted by Crippen LogP contribution is -2.37. The fraction of sp³-hybridized carbons (Fsp3) is 0.211. The van der Waals surface area contributed by atoms with E-state index in [-0.39, 0.29) is 17.8 Å². The van der Waals surface area contributed by atoms with Gasteiger partial charge in [0.25, 0.3) is 5.91 Å². The molecule has 4 heteroatoms. The van der Waals surface area contributed by atoms with Crippen LogP contribution >= 0.6 is 0 Å². The molecular weight excluding hydrogens is 291 g/mol. The number of aromatic nitrogens is 1. The molecule has 1 unspecified atom stereocenters. The lowest BCUT2D eigenvalue weighted by Gasteiger charge is -2.25. The van der Waals surface area contributed by atoms with Gasteiger partial charge in [0.05, 0.1) is 5.52 Å². The Balaban J connectivity index is 2.08. The molecule has 3 nitrogen and oxygen atoms in total. The molecule has 0 fully saturated rings. The summed E-state index contributed by atoms with van der Waals surface area (Å²) in [6.07, 6.45) is 0. The van der Waals surface area contributed by atoms with Gasteiger partial charge in [-0.25, -0.2) is 4.39 Å². The van der Waals surface area contributed by atoms with E-state index >= 15 is 0 Å². The van der Waals surface area contributed by atoms with E-state index in [2.05, 4.69) is 12.2 Å². The minimum absolute atomic E-state index is 0.102. The van der Waals surface area contributed by atoms with Gasteiger partial charge in [0, 0.05) is 23.5 Å². The first kappa shape index (κ1) is 14.0. The summed E-state index contributed by atoms with van der Waals surface area (Å²) in [5, 5.41) is 3.64. The first-order valence-electron chi connectivity index (χ1n) is 7.74. The maximum absolute atomic E-state index is 14.1. The van der Waals surface area contributed by atoms with Gasteiger partial charge in [-0.05, 0) is 37.6 Å². The van der Waals surface area contributed by atoms with Gasteiger partial charge in [0.1, 0.15) is 11.5 Å². The number of halogens is 1. The van der Waals surface area contributed by atoms with Crippen molar-refractivity contribution in [1.82, 2.24) is 9.88 Å². The molecule has 0 radical (unpaired) electrons. The van der Waals surface area contributed by atoms with Crippen molar-refractivity contribution in [1.29, 1.82) is 0 Å². The van der Waals surface area contributed by atoms with Crippen molar-refractivity contribution in [3.8, 4) is 11.1 Å². The number of benzene rings is 2. The number of carbonyl (C=O) groups is 1. The van der Waals surface area contributed by atoms with Gasteiger partial charge in [-0.3, -0.25) is 4.79 Å². The molecule has 4 rings (SSSR count). The molecule has 2 aromatic carbocycles. The molecule has 0 bridgehead atoms. The number of hydrogen-bond acceptors (Lipinski definition) is 1. The van der Waals surface area contributed by atoms with Gasteiger partial charge in [-0.15, -0.1) is 0 Å². The molecular formula is C19H17FN2O. The largest absolute Gasteiger partial charge is 0.349 e. The minimum atomic E-state index is -0.288. The zero-order valence-corrected chi connectivity index (χ0v) is 13.1. The Morgan fingerprint density at radius 1 is 1.17 bits per heavy atom. The maximum Gasteiger partial charge on any atom is 0.268 e. The van der Waals surface area contributed by atoms with Crippen LogP contribution in [0, 0.1) is 12.7 Å². The van der Waals surface area contributed by atoms with Crippen LogP contribution in [0.2, 0.25) is 0 Å². The number of hydrogen-bond donors (Lipinski definition) is 1. The third-order valence-electron chi connectivity index (χ3n) is 4.49. The molecule has 116 valence electrons. The summed E-state index contributed by atoms with van der Waals surface area (Å²) in [7, 11) is 0. The van der Waals surface area contributed by atoms with E-state index in [1.807, 2.05) is 35.8 Å². The van der Waals surface area contributed by atoms with Crippen LogP contribution in [0.5, 0.6) is 0 Å². The number of nitrogens with one attached hydrogen (secondary N) is 1. The van der Waals surface area contributed by atoms with Gasteiger partial charge in [-0.2, -0.15) is 0 Å². The van der Waals surface area contributed by atoms with Crippen molar-refractivity contribution in [2.45, 2.75) is 19.9 Å². The molecule has 0 aliphatic carbocycles. The minimum Gasteiger partial charge on any atom is -0.349 e. The fourth-order valence-electron chi connectivity index (χ4n) is 3.34. The number of fused-ring (bicyclic) bond motifs is 3. The van der Waals surface area contributed by atoms with Gasteiger partial charge in [0.2, 0.25) is 0 Å². The summed E-state index contributed by atoms with van der Waals surface area (Å²) in [5.41, 5.74) is 4.46. The third-order valence-corrected chi connectivity index (χ3v) is 4.49. The van der Waals surface area contributed by atoms with Crippen LogP contribution in [0.1, 0.15) is 29.0 Å². The van der Waals surface area contributed by atoms with E-state index in [0.29, 0.717) is 12.2 Å². The predicted octanol–water partition coefficient (Wildman–Crippen LogP) is 4.06. The maximum atomic E-state index is 14.1. The molecule has 1 N–H and O–H groups in total. The lowest BCUT2D eigenvalue weighted by atomic mass is 10.0. The Labute approximate surface area is 133 Å². The first-order chi connectivity index (χ1) is 11.0. The van der Waals surface area contributed by atoms with Gasteiger partial charge in [0.15, 0.2) is 0 Å². The van der Waals surface area contributed by atoms with Crippen LogP contribution in [-0.2, 0) is 0 Å². The molecule has 1 atom stereocenters. The number of amides is 1. The normalized spacial score (nSPS) is 17.2. The molecule has 1 aromatic heterocycles. The summed E-state index contributed by atoms with van der Waals surface area (Å²) in [6, 6.07) is 13.0. The van der Waals surface area contributed by atoms with E-state index in [4.69, 9.17) is 0 Å².